The van der Waals surface area contributed by atoms with Crippen molar-refractivity contribution in [3.8, 4) is 0 Å². The number of rotatable bonds is 1. The van der Waals surface area contributed by atoms with E-state index in [1.165, 1.54) is 0 Å². The molecule has 2 saturated heterocycles. The summed E-state index contributed by atoms with van der Waals surface area (Å²) in [5, 5.41) is 0. The summed E-state index contributed by atoms with van der Waals surface area (Å²) < 4.78 is 12.9. The highest BCUT2D eigenvalue weighted by atomic mass is 19.1. The summed E-state index contributed by atoms with van der Waals surface area (Å²) in [4.78, 5) is 12.3. The fourth-order valence-electron chi connectivity index (χ4n) is 2.32. The fourth-order valence-corrected chi connectivity index (χ4v) is 2.32. The van der Waals surface area contributed by atoms with Crippen molar-refractivity contribution < 1.29 is 9.18 Å². The zero-order chi connectivity index (χ0) is 7.84. The number of halogens is 1. The van der Waals surface area contributed by atoms with Crippen molar-refractivity contribution in [3.05, 3.63) is 0 Å². The Bertz CT molecular complexity index is 159. The lowest BCUT2D eigenvalue weighted by atomic mass is 10.0. The molecule has 0 aromatic rings. The van der Waals surface area contributed by atoms with Crippen molar-refractivity contribution in [3.63, 3.8) is 0 Å². The molecule has 0 aromatic carbocycles. The van der Waals surface area contributed by atoms with Gasteiger partial charge in [0.25, 0.3) is 0 Å². The zero-order valence-electron chi connectivity index (χ0n) is 6.37. The molecule has 62 valence electrons. The maximum Gasteiger partial charge on any atom is 0.210 e. The molecule has 0 aliphatic carbocycles. The first-order valence-corrected chi connectivity index (χ1v) is 4.18. The Kier molecular flexibility index (Phi) is 1.59. The number of piperidine rings is 1. The maximum absolute atomic E-state index is 12.9. The summed E-state index contributed by atoms with van der Waals surface area (Å²) in [5.41, 5.74) is 0. The predicted octanol–water partition coefficient (Wildman–Crippen LogP) is 1.11. The number of carbonyl (C=O) groups is 1. The third kappa shape index (κ3) is 1.03. The molecule has 3 heteroatoms. The Morgan fingerprint density at radius 3 is 2.27 bits per heavy atom. The highest BCUT2D eigenvalue weighted by Gasteiger charge is 2.39. The minimum Gasteiger partial charge on any atom is -0.339 e. The van der Waals surface area contributed by atoms with E-state index in [9.17, 15) is 9.18 Å². The number of hydrogen-bond donors (Lipinski definition) is 0. The smallest absolute Gasteiger partial charge is 0.210 e. The van der Waals surface area contributed by atoms with E-state index in [0.717, 1.165) is 19.3 Å². The van der Waals surface area contributed by atoms with Crippen LogP contribution in [0.5, 0.6) is 0 Å². The van der Waals surface area contributed by atoms with Gasteiger partial charge in [0.05, 0.1) is 0 Å². The maximum atomic E-state index is 12.9. The van der Waals surface area contributed by atoms with Gasteiger partial charge >= 0.3 is 0 Å². The van der Waals surface area contributed by atoms with Gasteiger partial charge in [0.15, 0.2) is 0 Å². The first kappa shape index (κ1) is 7.07. The number of alkyl halides is 1. The van der Waals surface area contributed by atoms with Gasteiger partial charge in [-0.15, -0.1) is 0 Å². The summed E-state index contributed by atoms with van der Waals surface area (Å²) >= 11 is 0. The largest absolute Gasteiger partial charge is 0.339 e. The number of carbonyl (C=O) groups excluding carboxylic acids is 1. The first-order valence-electron chi connectivity index (χ1n) is 4.18. The predicted molar refractivity (Wildman–Crippen MR) is 38.8 cm³/mol. The molecule has 2 bridgehead atoms. The van der Waals surface area contributed by atoms with Gasteiger partial charge in [0.2, 0.25) is 6.41 Å². The van der Waals surface area contributed by atoms with Gasteiger partial charge in [-0.25, -0.2) is 4.39 Å². The lowest BCUT2D eigenvalue weighted by molar-refractivity contribution is -0.122. The molecule has 0 radical (unpaired) electrons. The average Bonchev–Trinajstić information content (AvgIpc) is 2.23. The normalized spacial score (nSPS) is 42.6. The summed E-state index contributed by atoms with van der Waals surface area (Å²) in [6.45, 7) is 0. The van der Waals surface area contributed by atoms with Crippen LogP contribution in [0.3, 0.4) is 0 Å². The minimum atomic E-state index is -0.663. The van der Waals surface area contributed by atoms with Gasteiger partial charge in [-0.1, -0.05) is 0 Å². The second-order valence-electron chi connectivity index (χ2n) is 3.51. The summed E-state index contributed by atoms with van der Waals surface area (Å²) in [6, 6.07) is 0.419. The van der Waals surface area contributed by atoms with Gasteiger partial charge in [0.1, 0.15) is 6.17 Å². The van der Waals surface area contributed by atoms with Crippen molar-refractivity contribution in [2.45, 2.75) is 43.9 Å². The standard InChI is InChI=1S/C8H12FNO/c9-6-3-7-1-2-8(4-6)10(7)5-11/h5-8H,1-4H2. The number of amides is 1. The molecule has 2 atom stereocenters. The molecule has 11 heavy (non-hydrogen) atoms. The molecule has 0 N–H and O–H groups in total. The van der Waals surface area contributed by atoms with Crippen LogP contribution >= 0.6 is 0 Å². The Hall–Kier alpha value is -0.600. The highest BCUT2D eigenvalue weighted by molar-refractivity contribution is 5.49. The Labute approximate surface area is 65.4 Å². The van der Waals surface area contributed by atoms with Crippen LogP contribution in [-0.4, -0.2) is 29.6 Å². The van der Waals surface area contributed by atoms with E-state index >= 15 is 0 Å². The van der Waals surface area contributed by atoms with Crippen molar-refractivity contribution in [2.75, 3.05) is 0 Å². The van der Waals surface area contributed by atoms with Gasteiger partial charge in [-0.05, 0) is 25.7 Å². The van der Waals surface area contributed by atoms with Gasteiger partial charge in [-0.3, -0.25) is 4.79 Å². The van der Waals surface area contributed by atoms with Crippen LogP contribution in [0.25, 0.3) is 0 Å². The van der Waals surface area contributed by atoms with E-state index in [1.54, 1.807) is 4.90 Å². The molecular weight excluding hydrogens is 145 g/mol. The summed E-state index contributed by atoms with van der Waals surface area (Å²) in [5.74, 6) is 0. The molecule has 0 spiro atoms. The number of hydrogen-bond acceptors (Lipinski definition) is 1. The Balaban J connectivity index is 2.12. The molecule has 0 saturated carbocycles. The van der Waals surface area contributed by atoms with Crippen LogP contribution in [0.1, 0.15) is 25.7 Å². The van der Waals surface area contributed by atoms with Gasteiger partial charge in [0, 0.05) is 12.1 Å². The molecule has 2 aliphatic heterocycles. The van der Waals surface area contributed by atoms with E-state index < -0.39 is 6.17 Å². The fraction of sp³-hybridized carbons (Fsp3) is 0.875. The first-order chi connectivity index (χ1) is 5.31. The van der Waals surface area contributed by atoms with E-state index in [-0.39, 0.29) is 12.1 Å². The second kappa shape index (κ2) is 2.47. The van der Waals surface area contributed by atoms with Crippen LogP contribution in [0.15, 0.2) is 0 Å². The van der Waals surface area contributed by atoms with Crippen LogP contribution in [-0.2, 0) is 4.79 Å². The van der Waals surface area contributed by atoms with E-state index in [2.05, 4.69) is 0 Å². The van der Waals surface area contributed by atoms with Crippen molar-refractivity contribution in [1.82, 2.24) is 4.90 Å². The van der Waals surface area contributed by atoms with Crippen LogP contribution in [0.4, 0.5) is 4.39 Å². The molecule has 2 unspecified atom stereocenters. The third-order valence-corrected chi connectivity index (χ3v) is 2.85. The van der Waals surface area contributed by atoms with Gasteiger partial charge in [-0.2, -0.15) is 0 Å². The Morgan fingerprint density at radius 2 is 1.82 bits per heavy atom. The molecular formula is C8H12FNO. The van der Waals surface area contributed by atoms with Crippen LogP contribution in [0, 0.1) is 0 Å². The van der Waals surface area contributed by atoms with Crippen molar-refractivity contribution in [2.24, 2.45) is 0 Å². The zero-order valence-corrected chi connectivity index (χ0v) is 6.37. The molecule has 2 heterocycles. The SMILES string of the molecule is O=CN1C2CCC1CC(F)C2. The lowest BCUT2D eigenvalue weighted by Crippen LogP contribution is -2.42. The van der Waals surface area contributed by atoms with Gasteiger partial charge < -0.3 is 4.90 Å². The third-order valence-electron chi connectivity index (χ3n) is 2.85. The van der Waals surface area contributed by atoms with Crippen molar-refractivity contribution in [1.29, 1.82) is 0 Å². The second-order valence-corrected chi connectivity index (χ2v) is 3.51. The molecule has 1 amide bonds. The highest BCUT2D eigenvalue weighted by Crippen LogP contribution is 2.35. The van der Waals surface area contributed by atoms with E-state index in [4.69, 9.17) is 0 Å². The summed E-state index contributed by atoms with van der Waals surface area (Å²) in [7, 11) is 0. The molecule has 2 nitrogen and oxygen atoms in total. The average molecular weight is 157 g/mol. The molecule has 2 aliphatic rings. The number of fused-ring (bicyclic) bond motifs is 2. The molecule has 0 aromatic heterocycles. The van der Waals surface area contributed by atoms with Crippen LogP contribution < -0.4 is 0 Å². The lowest BCUT2D eigenvalue weighted by Gasteiger charge is -2.33. The monoisotopic (exact) mass is 157 g/mol. The minimum absolute atomic E-state index is 0.209. The van der Waals surface area contributed by atoms with E-state index in [0.29, 0.717) is 12.8 Å². The quantitative estimate of drug-likeness (QED) is 0.522. The van der Waals surface area contributed by atoms with E-state index in [1.807, 2.05) is 0 Å². The molecule has 2 rings (SSSR count). The summed E-state index contributed by atoms with van der Waals surface area (Å²) in [6.07, 6.45) is 3.36. The Morgan fingerprint density at radius 1 is 1.27 bits per heavy atom. The molecule has 2 fully saturated rings. The van der Waals surface area contributed by atoms with Crippen molar-refractivity contribution >= 4 is 6.41 Å². The topological polar surface area (TPSA) is 20.3 Å². The number of nitrogens with zero attached hydrogens (tertiary/aromatic N) is 1. The van der Waals surface area contributed by atoms with Crippen LogP contribution in [0.2, 0.25) is 0 Å².